The van der Waals surface area contributed by atoms with Crippen LogP contribution in [-0.2, 0) is 36.8 Å². The number of amides is 4. The van der Waals surface area contributed by atoms with Crippen molar-refractivity contribution in [2.24, 2.45) is 23.3 Å². The molecular weight excluding hydrogens is 735 g/mol. The molecule has 0 aliphatic carbocycles. The summed E-state index contributed by atoms with van der Waals surface area (Å²) in [6, 6.07) is 10.7. The molecule has 0 saturated carbocycles. The van der Waals surface area contributed by atoms with Gasteiger partial charge in [-0.25, -0.2) is 0 Å². The summed E-state index contributed by atoms with van der Waals surface area (Å²) in [5.41, 5.74) is 16.7. The number of fused-ring (bicyclic) bond motifs is 2. The number of para-hydroxylation sites is 2. The van der Waals surface area contributed by atoms with Gasteiger partial charge in [0.25, 0.3) is 0 Å². The van der Waals surface area contributed by atoms with E-state index < -0.39 is 47.9 Å². The van der Waals surface area contributed by atoms with Gasteiger partial charge in [-0.15, -0.1) is 0 Å². The number of nitrogens with zero attached hydrogens (tertiary/aromatic N) is 1. The van der Waals surface area contributed by atoms with E-state index in [2.05, 4.69) is 38.2 Å². The van der Waals surface area contributed by atoms with Gasteiger partial charge >= 0.3 is 0 Å². The Kier molecular flexibility index (Phi) is 14.4. The Bertz CT molecular complexity index is 2050. The number of aromatic amines is 2. The Labute approximate surface area is 340 Å². The molecule has 4 amide bonds. The van der Waals surface area contributed by atoms with Crippen LogP contribution in [0.15, 0.2) is 60.9 Å². The van der Waals surface area contributed by atoms with Crippen LogP contribution in [0.2, 0.25) is 0 Å². The number of H-pyrrole nitrogens is 2. The van der Waals surface area contributed by atoms with Gasteiger partial charge in [0.15, 0.2) is 0 Å². The van der Waals surface area contributed by atoms with Gasteiger partial charge in [-0.2, -0.15) is 0 Å². The second kappa shape index (κ2) is 19.6. The Hall–Kier alpha value is -5.05. The van der Waals surface area contributed by atoms with Crippen LogP contribution in [0.1, 0.15) is 76.8 Å². The van der Waals surface area contributed by atoms with Crippen molar-refractivity contribution in [2.75, 3.05) is 13.1 Å². The standard InChI is InChI=1S/C44H61N9O5/c1-4-27(3)40(52-41(55)34(46)21-28-23-48-35-13-7-5-11-31(28)35)43(57)50-37(16-15-33(45)38-20-26(2)17-18-47-38)42(56)51-39(44(58)53-19-9-10-30(53)25-54)22-29-24-49-36-14-8-6-12-32(29)36/h5-8,11-14,23-27,30,33-34,37-40,47-49H,4,9-10,15-22,45-46H2,1-3H3,(H,50,57)(H,51,56)(H,52,55)/t26?,27-,30-,33?,34+,37-,38?,39+,40-/m0/s1. The maximum atomic E-state index is 14.5. The van der Waals surface area contributed by atoms with Crippen LogP contribution in [0.25, 0.3) is 21.8 Å². The number of benzene rings is 2. The van der Waals surface area contributed by atoms with E-state index in [1.807, 2.05) is 74.8 Å². The number of aromatic nitrogens is 2. The van der Waals surface area contributed by atoms with Gasteiger partial charge in [0, 0.05) is 59.2 Å². The molecule has 6 rings (SSSR count). The summed E-state index contributed by atoms with van der Waals surface area (Å²) >= 11 is 0. The van der Waals surface area contributed by atoms with Crippen LogP contribution in [0.5, 0.6) is 0 Å². The highest BCUT2D eigenvalue weighted by atomic mass is 16.2. The molecule has 9 atom stereocenters. The number of likely N-dealkylation sites (tertiary alicyclic amines) is 1. The smallest absolute Gasteiger partial charge is 0.246 e. The van der Waals surface area contributed by atoms with E-state index in [1.54, 1.807) is 4.90 Å². The number of piperidine rings is 1. The molecule has 2 aromatic heterocycles. The highest BCUT2D eigenvalue weighted by molar-refractivity contribution is 5.96. The van der Waals surface area contributed by atoms with Crippen molar-refractivity contribution in [1.29, 1.82) is 0 Å². The van der Waals surface area contributed by atoms with Crippen molar-refractivity contribution < 1.29 is 24.0 Å². The summed E-state index contributed by atoms with van der Waals surface area (Å²) in [6.45, 7) is 7.26. The van der Waals surface area contributed by atoms with E-state index >= 15 is 0 Å². The molecule has 2 aliphatic heterocycles. The topological polar surface area (TPSA) is 220 Å². The Morgan fingerprint density at radius 1 is 0.845 bits per heavy atom. The van der Waals surface area contributed by atoms with Crippen molar-refractivity contribution in [3.05, 3.63) is 72.1 Å². The molecule has 14 nitrogen and oxygen atoms in total. The zero-order chi connectivity index (χ0) is 41.3. The van der Waals surface area contributed by atoms with Gasteiger partial charge in [0.05, 0.1) is 12.1 Å². The maximum Gasteiger partial charge on any atom is 0.246 e. The average molecular weight is 796 g/mol. The van der Waals surface area contributed by atoms with E-state index in [0.29, 0.717) is 38.1 Å². The number of carbonyl (C=O) groups excluding carboxylic acids is 5. The van der Waals surface area contributed by atoms with Gasteiger partial charge in [-0.1, -0.05) is 63.6 Å². The maximum absolute atomic E-state index is 14.5. The number of nitrogens with one attached hydrogen (secondary N) is 6. The lowest BCUT2D eigenvalue weighted by Crippen LogP contribution is -2.60. The second-order valence-electron chi connectivity index (χ2n) is 16.5. The molecule has 2 aliphatic rings. The summed E-state index contributed by atoms with van der Waals surface area (Å²) < 4.78 is 0. The van der Waals surface area contributed by atoms with Crippen LogP contribution < -0.4 is 32.7 Å². The van der Waals surface area contributed by atoms with E-state index in [1.165, 1.54) is 0 Å². The first kappa shape index (κ1) is 42.6. The van der Waals surface area contributed by atoms with Gasteiger partial charge in [-0.05, 0) is 86.6 Å². The van der Waals surface area contributed by atoms with Gasteiger partial charge in [0.1, 0.15) is 24.4 Å². The van der Waals surface area contributed by atoms with E-state index in [-0.39, 0.29) is 43.2 Å². The first-order valence-electron chi connectivity index (χ1n) is 21.0. The summed E-state index contributed by atoms with van der Waals surface area (Å²) in [7, 11) is 0. The quantitative estimate of drug-likeness (QED) is 0.0699. The van der Waals surface area contributed by atoms with Crippen molar-refractivity contribution >= 4 is 51.7 Å². The highest BCUT2D eigenvalue weighted by Gasteiger charge is 2.37. The lowest BCUT2D eigenvalue weighted by molar-refractivity contribution is -0.139. The van der Waals surface area contributed by atoms with E-state index in [9.17, 15) is 24.0 Å². The lowest BCUT2D eigenvalue weighted by atomic mass is 9.88. The first-order valence-corrected chi connectivity index (χ1v) is 21.0. The molecule has 0 spiro atoms. The van der Waals surface area contributed by atoms with Crippen LogP contribution in [0.3, 0.4) is 0 Å². The largest absolute Gasteiger partial charge is 0.361 e. The normalized spacial score (nSPS) is 21.5. The number of rotatable bonds is 18. The molecule has 10 N–H and O–H groups in total. The molecule has 0 radical (unpaired) electrons. The lowest BCUT2D eigenvalue weighted by Gasteiger charge is -2.33. The molecule has 312 valence electrons. The minimum Gasteiger partial charge on any atom is -0.361 e. The Morgan fingerprint density at radius 3 is 2.12 bits per heavy atom. The third kappa shape index (κ3) is 10.1. The molecule has 2 fully saturated rings. The fourth-order valence-electron chi connectivity index (χ4n) is 8.56. The summed E-state index contributed by atoms with van der Waals surface area (Å²) in [5.74, 6) is -1.70. The number of nitrogens with two attached hydrogens (primary N) is 2. The summed E-state index contributed by atoms with van der Waals surface area (Å²) in [6.07, 6.45) is 9.27. The highest BCUT2D eigenvalue weighted by Crippen LogP contribution is 2.24. The van der Waals surface area contributed by atoms with Crippen molar-refractivity contribution in [3.8, 4) is 0 Å². The Balaban J connectivity index is 1.22. The number of hydrogen-bond donors (Lipinski definition) is 8. The third-order valence-electron chi connectivity index (χ3n) is 12.3. The number of carbonyl (C=O) groups is 5. The molecule has 4 aromatic rings. The zero-order valence-corrected chi connectivity index (χ0v) is 34.0. The monoisotopic (exact) mass is 795 g/mol. The average Bonchev–Trinajstić information content (AvgIpc) is 3.99. The molecule has 14 heteroatoms. The predicted molar refractivity (Wildman–Crippen MR) is 225 cm³/mol. The molecule has 58 heavy (non-hydrogen) atoms. The summed E-state index contributed by atoms with van der Waals surface area (Å²) in [5, 5.41) is 14.3. The van der Waals surface area contributed by atoms with Crippen molar-refractivity contribution in [2.45, 2.75) is 121 Å². The predicted octanol–water partition coefficient (Wildman–Crippen LogP) is 2.95. The van der Waals surface area contributed by atoms with Gasteiger partial charge in [0.2, 0.25) is 23.6 Å². The minimum atomic E-state index is -1.08. The third-order valence-corrected chi connectivity index (χ3v) is 12.3. The first-order chi connectivity index (χ1) is 28.0. The summed E-state index contributed by atoms with van der Waals surface area (Å²) in [4.78, 5) is 76.7. The van der Waals surface area contributed by atoms with Crippen molar-refractivity contribution in [3.63, 3.8) is 0 Å². The van der Waals surface area contributed by atoms with Crippen molar-refractivity contribution in [1.82, 2.24) is 36.1 Å². The SMILES string of the molecule is CC[C@H](C)[C@H](NC(=O)[C@H](N)Cc1c[nH]c2ccccc12)C(=O)N[C@@H](CCC(N)C1CC(C)CCN1)C(=O)N[C@H](Cc1c[nH]c2ccccc12)C(=O)N1CCC[C@H]1C=O. The molecule has 2 aromatic carbocycles. The number of aldehydes is 1. The molecule has 0 bridgehead atoms. The van der Waals surface area contributed by atoms with Crippen LogP contribution >= 0.6 is 0 Å². The van der Waals surface area contributed by atoms with Crippen LogP contribution in [0, 0.1) is 11.8 Å². The number of hydrogen-bond acceptors (Lipinski definition) is 8. The van der Waals surface area contributed by atoms with Crippen LogP contribution in [0.4, 0.5) is 0 Å². The zero-order valence-electron chi connectivity index (χ0n) is 34.0. The molecule has 3 unspecified atom stereocenters. The fourth-order valence-corrected chi connectivity index (χ4v) is 8.56. The Morgan fingerprint density at radius 2 is 1.48 bits per heavy atom. The molecule has 4 heterocycles. The van der Waals surface area contributed by atoms with Gasteiger partial charge in [-0.3, -0.25) is 19.2 Å². The minimum absolute atomic E-state index is 0.0561. The van der Waals surface area contributed by atoms with Gasteiger partial charge < -0.3 is 52.4 Å². The van der Waals surface area contributed by atoms with E-state index in [0.717, 1.165) is 58.6 Å². The van der Waals surface area contributed by atoms with E-state index in [4.69, 9.17) is 11.5 Å². The van der Waals surface area contributed by atoms with Crippen LogP contribution in [-0.4, -0.2) is 100 Å². The fraction of sp³-hybridized carbons (Fsp3) is 0.523. The molecular formula is C44H61N9O5. The second-order valence-corrected chi connectivity index (χ2v) is 16.5. The molecule has 2 saturated heterocycles.